The van der Waals surface area contributed by atoms with Gasteiger partial charge in [-0.05, 0) is 200 Å². The van der Waals surface area contributed by atoms with E-state index < -0.39 is 14.7 Å². The molecule has 4 unspecified atom stereocenters. The fourth-order valence-electron chi connectivity index (χ4n) is 9.39. The molecule has 1 saturated heterocycles. The molecule has 14 nitrogen and oxygen atoms in total. The number of nitrogens with zero attached hydrogens (tertiary/aromatic N) is 1. The van der Waals surface area contributed by atoms with Gasteiger partial charge in [-0.3, -0.25) is 14.4 Å². The number of aryl methyl sites for hydroxylation is 1. The second-order valence-electron chi connectivity index (χ2n) is 29.9. The zero-order valence-electron chi connectivity index (χ0n) is 63.4. The number of carbonyl (C=O) groups excluding carboxylic acids is 2. The van der Waals surface area contributed by atoms with Crippen LogP contribution in [0.5, 0.6) is 0 Å². The van der Waals surface area contributed by atoms with Gasteiger partial charge in [-0.25, -0.2) is 15.0 Å². The molecule has 0 amide bonds. The predicted molar refractivity (Wildman–Crippen MR) is 406 cm³/mol. The van der Waals surface area contributed by atoms with E-state index in [1.807, 2.05) is 75.3 Å². The third-order valence-electron chi connectivity index (χ3n) is 16.1. The number of Topliss-reactive ketones (excluding diaryl/α,β-unsaturated/α-hetero) is 1. The molecule has 4 atom stereocenters. The summed E-state index contributed by atoms with van der Waals surface area (Å²) in [5.41, 5.74) is 0.630. The molecule has 0 saturated carbocycles. The number of alkyl halides is 3. The molecule has 22 heteroatoms. The van der Waals surface area contributed by atoms with Gasteiger partial charge in [0.25, 0.3) is 9.84 Å². The van der Waals surface area contributed by atoms with Crippen molar-refractivity contribution in [2.75, 3.05) is 75.5 Å². The first-order chi connectivity index (χ1) is 42.9. The number of halogens is 3. The van der Waals surface area contributed by atoms with Gasteiger partial charge >= 0.3 is 29.7 Å². The number of allylic oxidation sites excluding steroid dienone is 1. The Labute approximate surface area is 617 Å². The van der Waals surface area contributed by atoms with Crippen LogP contribution in [0.25, 0.3) is 4.85 Å². The fraction of sp³-hybridized carbons (Fsp3) is 0.845. The Balaban J connectivity index is -0.000000212. The standard InChI is InChI=1S/C23H39NO4P2S.C15H30O3.C12H23BrO2.C9H17BrO2.C7H15BrO.C5H8O.B.Li.H2.H/c1-19-9-11-20(12-10-19)31(25,26)23(24-6,15-7-13-21(2,3)17-27-29)16-8-14-22(4,5)18-28-30;1-14(2,11-16)9-5-7-13(18)8-6-10-15(3,4)12-17;1-12(2,7-5-8-13)10-15-11-6-3-4-9-14-11;1-4-12-8(11)9(2,3)6-5-7-10;1-7(2,6-9)4-3-5-8;1-2-4-6-5-3-1;;;;/h9-12H,7-8,13-18,29-30H2,1-5H3;16-17H,5-12H2,1-4H3;11H,3-10H2,1-2H3;4-7H2,1-3H3;9H,3-6H2,1-2H3;2,4H,1,3,5H2;;;1H;/q;;;;;;;+1;;-1/i29T;;;;;;;;1+2;. The summed E-state index contributed by atoms with van der Waals surface area (Å²) in [6, 6.07) is 6.79. The molecule has 2 heterocycles. The van der Waals surface area contributed by atoms with Crippen LogP contribution in [-0.2, 0) is 47.4 Å². The molecule has 1 fully saturated rings. The molecule has 3 N–H and O–H groups in total. The number of esters is 1. The number of benzene rings is 1. The van der Waals surface area contributed by atoms with Crippen molar-refractivity contribution in [1.29, 1.82) is 1.28 Å². The number of carbonyl (C=O) groups is 2. The van der Waals surface area contributed by atoms with Gasteiger partial charge in [-0.1, -0.05) is 149 Å². The van der Waals surface area contributed by atoms with Gasteiger partial charge in [-0.2, -0.15) is 0 Å². The van der Waals surface area contributed by atoms with Gasteiger partial charge in [0.05, 0.1) is 50.9 Å². The normalized spacial score (nSPS) is 15.3. The molecule has 3 rings (SSSR count). The van der Waals surface area contributed by atoms with E-state index in [4.69, 9.17) is 51.2 Å². The molecule has 0 bridgehead atoms. The number of hydrogen-bond acceptors (Lipinski definition) is 13. The first kappa shape index (κ1) is 99.4. The molecule has 0 aliphatic carbocycles. The van der Waals surface area contributed by atoms with Gasteiger partial charge in [0, 0.05) is 96.8 Å². The average Bonchev–Trinajstić information content (AvgIpc) is 0.769. The van der Waals surface area contributed by atoms with Crippen LogP contribution < -0.4 is 18.9 Å². The van der Waals surface area contributed by atoms with E-state index in [0.29, 0.717) is 57.9 Å². The number of ketones is 1. The fourth-order valence-corrected chi connectivity index (χ4v) is 13.0. The van der Waals surface area contributed by atoms with Gasteiger partial charge in [0.2, 0.25) is 0 Å². The van der Waals surface area contributed by atoms with E-state index >= 15 is 0 Å². The largest absolute Gasteiger partial charge is 1.00 e. The molecule has 1 aromatic carbocycles. The Morgan fingerprint density at radius 1 is 0.667 bits per heavy atom. The Morgan fingerprint density at radius 3 is 1.47 bits per heavy atom. The summed E-state index contributed by atoms with van der Waals surface area (Å²) in [7, 11) is -1.90. The maximum Gasteiger partial charge on any atom is 1.00 e. The first-order valence-electron chi connectivity index (χ1n) is 33.9. The van der Waals surface area contributed by atoms with Gasteiger partial charge < -0.3 is 44.7 Å². The minimum atomic E-state index is -3.84. The number of sulfone groups is 1. The maximum absolute atomic E-state index is 13.7. The monoisotopic (exact) mass is 1560 g/mol. The number of aliphatic hydroxyl groups is 3. The van der Waals surface area contributed by atoms with Gasteiger partial charge in [0.1, 0.15) is 5.78 Å². The Kier molecular flexibility index (Phi) is 59.5. The zero-order chi connectivity index (χ0) is 71.0. The van der Waals surface area contributed by atoms with E-state index in [-0.39, 0.29) is 121 Å². The van der Waals surface area contributed by atoms with Crippen molar-refractivity contribution in [2.24, 2.45) is 37.9 Å². The van der Waals surface area contributed by atoms with E-state index in [2.05, 4.69) is 104 Å². The van der Waals surface area contributed by atoms with Crippen molar-refractivity contribution in [3.05, 3.63) is 53.6 Å². The number of rotatable bonds is 40. The summed E-state index contributed by atoms with van der Waals surface area (Å²) >= 11 is 10.2. The predicted octanol–water partition coefficient (Wildman–Crippen LogP) is 16.3. The van der Waals surface area contributed by atoms with Crippen LogP contribution in [-0.4, -0.2) is 132 Å². The first-order valence-corrected chi connectivity index (χ1v) is 39.1. The van der Waals surface area contributed by atoms with Crippen LogP contribution >= 0.6 is 66.7 Å². The summed E-state index contributed by atoms with van der Waals surface area (Å²) in [5, 5.41) is 30.1. The molecular weight excluding hydrogens is 1430 g/mol. The second-order valence-corrected chi connectivity index (χ2v) is 35.1. The average molecular weight is 1570 g/mol. The molecular formula is C71H135BBr3LiNO13P2S. The van der Waals surface area contributed by atoms with Crippen molar-refractivity contribution in [2.45, 2.75) is 275 Å². The van der Waals surface area contributed by atoms with Crippen molar-refractivity contribution in [3.63, 3.8) is 0 Å². The molecule has 2 aliphatic heterocycles. The van der Waals surface area contributed by atoms with Crippen LogP contribution in [0, 0.1) is 51.4 Å². The Hall–Kier alpha value is 0.0223. The van der Waals surface area contributed by atoms with Crippen LogP contribution in [0.1, 0.15) is 260 Å². The van der Waals surface area contributed by atoms with E-state index in [1.165, 1.54) is 38.5 Å². The quantitative estimate of drug-likeness (QED) is 0.0185. The van der Waals surface area contributed by atoms with Gasteiger partial charge in [0.15, 0.2) is 6.29 Å². The summed E-state index contributed by atoms with van der Waals surface area (Å²) in [4.78, 5) is 25.5. The number of aliphatic hydroxyl groups excluding tert-OH is 3. The Bertz CT molecular complexity index is 2210. The van der Waals surface area contributed by atoms with Crippen molar-refractivity contribution >= 4 is 96.7 Å². The van der Waals surface area contributed by atoms with Crippen molar-refractivity contribution in [3.8, 4) is 0 Å². The number of ether oxygens (including phenoxy) is 4. The minimum absolute atomic E-state index is 0. The van der Waals surface area contributed by atoms with Crippen LogP contribution in [0.15, 0.2) is 41.5 Å². The van der Waals surface area contributed by atoms with Crippen LogP contribution in [0.3, 0.4) is 0 Å². The molecule has 0 spiro atoms. The molecule has 543 valence electrons. The minimum Gasteiger partial charge on any atom is -1.00 e. The van der Waals surface area contributed by atoms with E-state index in [9.17, 15) is 18.0 Å². The van der Waals surface area contributed by atoms with Crippen molar-refractivity contribution < 1.29 is 83.0 Å². The Morgan fingerprint density at radius 2 is 1.11 bits per heavy atom. The third-order valence-corrected chi connectivity index (χ3v) is 20.5. The smallest absolute Gasteiger partial charge is 1.00 e. The molecule has 2 aliphatic rings. The summed E-state index contributed by atoms with van der Waals surface area (Å²) in [5.74, 6) is 0.212. The van der Waals surface area contributed by atoms with Crippen LogP contribution in [0.4, 0.5) is 0 Å². The SMILES string of the molecule is C1=COCCC1.CC(C)(CCCBr)COC1CCCCO1.CC(C)(CO)CCCBr.CC(C)(CO)CCCC(=O)CCCC(C)(C)CO.CCOC(=O)C(C)(C)CCCBr.[3HH].[3H]POCC(C)(C)CCCC(CCCC(C)(C)COP)([N+]#[C-])S(=O)(=O)c1ccc(C)cc1.[B].[H-].[Li+]. The molecule has 1 aromatic rings. The molecule has 93 heavy (non-hydrogen) atoms. The summed E-state index contributed by atoms with van der Waals surface area (Å²) in [6.07, 6.45) is 24.3. The number of hydrogen-bond donors (Lipinski definition) is 3. The zero-order valence-corrected chi connectivity index (χ0v) is 69.1. The summed E-state index contributed by atoms with van der Waals surface area (Å²) < 4.78 is 66.3. The molecule has 0 aromatic heterocycles. The summed E-state index contributed by atoms with van der Waals surface area (Å²) in [6.45, 7) is 45.3. The second kappa shape index (κ2) is 55.7. The van der Waals surface area contributed by atoms with E-state index in [0.717, 1.165) is 112 Å². The van der Waals surface area contributed by atoms with E-state index in [1.54, 1.807) is 30.5 Å². The third kappa shape index (κ3) is 52.6. The maximum atomic E-state index is 13.7. The van der Waals surface area contributed by atoms with Crippen molar-refractivity contribution in [1.82, 2.24) is 0 Å². The molecule has 3 radical (unpaired) electrons. The topological polar surface area (TPSA) is 189 Å². The van der Waals surface area contributed by atoms with Gasteiger partial charge in [-0.15, -0.1) is 0 Å². The van der Waals surface area contributed by atoms with Crippen LogP contribution in [0.2, 0.25) is 0 Å².